The van der Waals surface area contributed by atoms with Crippen molar-refractivity contribution >= 4 is 0 Å². The highest BCUT2D eigenvalue weighted by Gasteiger charge is 2.12. The van der Waals surface area contributed by atoms with E-state index in [-0.39, 0.29) is 0 Å². The maximum absolute atomic E-state index is 4.50. The van der Waals surface area contributed by atoms with Crippen LogP contribution in [0.15, 0.2) is 36.8 Å². The van der Waals surface area contributed by atoms with E-state index < -0.39 is 0 Å². The van der Waals surface area contributed by atoms with Gasteiger partial charge in [-0.3, -0.25) is 4.98 Å². The van der Waals surface area contributed by atoms with E-state index >= 15 is 0 Å². The summed E-state index contributed by atoms with van der Waals surface area (Å²) in [5.74, 6) is 1.17. The van der Waals surface area contributed by atoms with E-state index in [1.165, 1.54) is 11.5 Å². The Morgan fingerprint density at radius 1 is 1.19 bits per heavy atom. The normalized spacial score (nSPS) is 12.5. The van der Waals surface area contributed by atoms with Crippen LogP contribution in [0.4, 0.5) is 0 Å². The fourth-order valence-electron chi connectivity index (χ4n) is 2.53. The van der Waals surface area contributed by atoms with Gasteiger partial charge in [0.25, 0.3) is 0 Å². The van der Waals surface area contributed by atoms with Crippen LogP contribution in [0.25, 0.3) is 0 Å². The molecule has 2 heterocycles. The lowest BCUT2D eigenvalue weighted by atomic mass is 10.1. The summed E-state index contributed by atoms with van der Waals surface area (Å²) in [7, 11) is 0. The van der Waals surface area contributed by atoms with Crippen molar-refractivity contribution in [3.8, 4) is 0 Å². The molecular weight excluding hydrogens is 260 g/mol. The van der Waals surface area contributed by atoms with Gasteiger partial charge in [-0.1, -0.05) is 13.0 Å². The van der Waals surface area contributed by atoms with Crippen LogP contribution in [0.5, 0.6) is 0 Å². The number of nitrogens with one attached hydrogen (secondary N) is 1. The van der Waals surface area contributed by atoms with Crippen molar-refractivity contribution in [2.75, 3.05) is 6.54 Å². The first kappa shape index (κ1) is 15.7. The van der Waals surface area contributed by atoms with E-state index in [0.29, 0.717) is 6.04 Å². The maximum atomic E-state index is 4.50. The summed E-state index contributed by atoms with van der Waals surface area (Å²) < 4.78 is 2.22. The van der Waals surface area contributed by atoms with Crippen LogP contribution in [-0.2, 0) is 19.4 Å². The summed E-state index contributed by atoms with van der Waals surface area (Å²) in [5, 5.41) is 3.65. The molecule has 4 nitrogen and oxygen atoms in total. The molecule has 0 saturated carbocycles. The summed E-state index contributed by atoms with van der Waals surface area (Å²) in [6.45, 7) is 6.40. The SMILES string of the molecule is CCCNC(CCc1ccccn1)Cc1nccn1CC. The first-order valence-corrected chi connectivity index (χ1v) is 7.96. The predicted octanol–water partition coefficient (Wildman–Crippen LogP) is 2.84. The molecule has 0 aromatic carbocycles. The molecule has 114 valence electrons. The molecule has 1 N–H and O–H groups in total. The van der Waals surface area contributed by atoms with Gasteiger partial charge in [-0.15, -0.1) is 0 Å². The number of hydrogen-bond donors (Lipinski definition) is 1. The van der Waals surface area contributed by atoms with E-state index in [4.69, 9.17) is 0 Å². The first-order valence-electron chi connectivity index (χ1n) is 7.96. The zero-order chi connectivity index (χ0) is 14.9. The fraction of sp³-hybridized carbons (Fsp3) is 0.529. The van der Waals surface area contributed by atoms with Gasteiger partial charge in [-0.05, 0) is 44.9 Å². The fourth-order valence-corrected chi connectivity index (χ4v) is 2.53. The van der Waals surface area contributed by atoms with Gasteiger partial charge in [0.05, 0.1) is 0 Å². The number of rotatable bonds is 9. The Kier molecular flexibility index (Phi) is 6.41. The zero-order valence-corrected chi connectivity index (χ0v) is 13.1. The second kappa shape index (κ2) is 8.57. The average Bonchev–Trinajstić information content (AvgIpc) is 2.98. The highest BCUT2D eigenvalue weighted by atomic mass is 15.1. The molecule has 2 aromatic rings. The Morgan fingerprint density at radius 3 is 2.81 bits per heavy atom. The summed E-state index contributed by atoms with van der Waals surface area (Å²) in [6.07, 6.45) is 10.1. The Balaban J connectivity index is 1.94. The first-order chi connectivity index (χ1) is 10.3. The van der Waals surface area contributed by atoms with Gasteiger partial charge >= 0.3 is 0 Å². The van der Waals surface area contributed by atoms with Gasteiger partial charge in [0.2, 0.25) is 0 Å². The van der Waals surface area contributed by atoms with Crippen molar-refractivity contribution in [2.45, 2.75) is 52.1 Å². The van der Waals surface area contributed by atoms with Gasteiger partial charge in [0, 0.05) is 43.3 Å². The molecule has 0 saturated heterocycles. The molecule has 4 heteroatoms. The topological polar surface area (TPSA) is 42.7 Å². The minimum absolute atomic E-state index is 0.458. The second-order valence-corrected chi connectivity index (χ2v) is 5.34. The number of nitrogens with zero attached hydrogens (tertiary/aromatic N) is 3. The smallest absolute Gasteiger partial charge is 0.110 e. The minimum atomic E-state index is 0.458. The summed E-state index contributed by atoms with van der Waals surface area (Å²) in [4.78, 5) is 8.91. The summed E-state index contributed by atoms with van der Waals surface area (Å²) in [6, 6.07) is 6.58. The molecule has 21 heavy (non-hydrogen) atoms. The Labute approximate surface area is 127 Å². The number of pyridine rings is 1. The quantitative estimate of drug-likeness (QED) is 0.771. The molecule has 0 fully saturated rings. The molecule has 1 atom stereocenters. The molecule has 0 aliphatic heterocycles. The van der Waals surface area contributed by atoms with Gasteiger partial charge in [-0.25, -0.2) is 4.98 Å². The van der Waals surface area contributed by atoms with E-state index in [2.05, 4.69) is 52.0 Å². The number of imidazole rings is 1. The largest absolute Gasteiger partial charge is 0.335 e. The van der Waals surface area contributed by atoms with E-state index in [1.807, 2.05) is 18.5 Å². The van der Waals surface area contributed by atoms with Crippen LogP contribution in [0.3, 0.4) is 0 Å². The van der Waals surface area contributed by atoms with Gasteiger partial charge in [0.15, 0.2) is 0 Å². The van der Waals surface area contributed by atoms with Crippen molar-refractivity contribution < 1.29 is 0 Å². The zero-order valence-electron chi connectivity index (χ0n) is 13.1. The highest BCUT2D eigenvalue weighted by Crippen LogP contribution is 2.08. The lowest BCUT2D eigenvalue weighted by Gasteiger charge is -2.18. The monoisotopic (exact) mass is 286 g/mol. The third-order valence-electron chi connectivity index (χ3n) is 3.73. The second-order valence-electron chi connectivity index (χ2n) is 5.34. The van der Waals surface area contributed by atoms with Crippen LogP contribution in [0.1, 0.15) is 38.2 Å². The van der Waals surface area contributed by atoms with Crippen molar-refractivity contribution in [2.24, 2.45) is 0 Å². The van der Waals surface area contributed by atoms with E-state index in [0.717, 1.165) is 38.8 Å². The van der Waals surface area contributed by atoms with Gasteiger partial charge in [0.1, 0.15) is 5.82 Å². The summed E-state index contributed by atoms with van der Waals surface area (Å²) in [5.41, 5.74) is 1.17. The number of aromatic nitrogens is 3. The van der Waals surface area contributed by atoms with Crippen LogP contribution in [-0.4, -0.2) is 27.1 Å². The van der Waals surface area contributed by atoms with Crippen LogP contribution in [0, 0.1) is 0 Å². The van der Waals surface area contributed by atoms with Crippen molar-refractivity contribution in [1.82, 2.24) is 19.9 Å². The van der Waals surface area contributed by atoms with E-state index in [1.54, 1.807) is 0 Å². The van der Waals surface area contributed by atoms with Crippen molar-refractivity contribution in [3.63, 3.8) is 0 Å². The third kappa shape index (κ3) is 4.97. The van der Waals surface area contributed by atoms with E-state index in [9.17, 15) is 0 Å². The van der Waals surface area contributed by atoms with Crippen LogP contribution < -0.4 is 5.32 Å². The van der Waals surface area contributed by atoms with Crippen LogP contribution in [0.2, 0.25) is 0 Å². The molecule has 1 unspecified atom stereocenters. The standard InChI is InChI=1S/C17H26N4/c1-3-10-18-16(9-8-15-7-5-6-11-19-15)14-17-20-12-13-21(17)4-2/h5-7,11-13,16,18H,3-4,8-10,14H2,1-2H3. The molecular formula is C17H26N4. The third-order valence-corrected chi connectivity index (χ3v) is 3.73. The molecule has 0 radical (unpaired) electrons. The molecule has 0 bridgehead atoms. The van der Waals surface area contributed by atoms with Gasteiger partial charge < -0.3 is 9.88 Å². The predicted molar refractivity (Wildman–Crippen MR) is 86.2 cm³/mol. The Hall–Kier alpha value is -1.68. The van der Waals surface area contributed by atoms with Gasteiger partial charge in [-0.2, -0.15) is 0 Å². The molecule has 0 amide bonds. The maximum Gasteiger partial charge on any atom is 0.110 e. The Bertz CT molecular complexity index is 507. The number of aryl methyl sites for hydroxylation is 2. The number of hydrogen-bond acceptors (Lipinski definition) is 3. The highest BCUT2D eigenvalue weighted by molar-refractivity contribution is 5.04. The molecule has 0 spiro atoms. The average molecular weight is 286 g/mol. The molecule has 0 aliphatic carbocycles. The minimum Gasteiger partial charge on any atom is -0.335 e. The lowest BCUT2D eigenvalue weighted by molar-refractivity contribution is 0.460. The van der Waals surface area contributed by atoms with Crippen LogP contribution >= 0.6 is 0 Å². The molecule has 2 aromatic heterocycles. The Morgan fingerprint density at radius 2 is 2.10 bits per heavy atom. The van der Waals surface area contributed by atoms with Crippen molar-refractivity contribution in [1.29, 1.82) is 0 Å². The van der Waals surface area contributed by atoms with Crippen molar-refractivity contribution in [3.05, 3.63) is 48.3 Å². The lowest BCUT2D eigenvalue weighted by Crippen LogP contribution is -2.33. The molecule has 0 aliphatic rings. The molecule has 2 rings (SSSR count). The summed E-state index contributed by atoms with van der Waals surface area (Å²) >= 11 is 0.